The Morgan fingerprint density at radius 1 is 1.05 bits per heavy atom. The highest BCUT2D eigenvalue weighted by atomic mass is 19.1. The van der Waals surface area contributed by atoms with Gasteiger partial charge in [0.05, 0.1) is 12.2 Å². The average molecular weight is 286 g/mol. The summed E-state index contributed by atoms with van der Waals surface area (Å²) in [5.74, 6) is -0.224. The van der Waals surface area contributed by atoms with Crippen LogP contribution in [0.2, 0.25) is 0 Å². The lowest BCUT2D eigenvalue weighted by Crippen LogP contribution is -2.40. The van der Waals surface area contributed by atoms with Gasteiger partial charge in [-0.2, -0.15) is 0 Å². The van der Waals surface area contributed by atoms with Crippen LogP contribution in [0, 0.1) is 5.82 Å². The molecule has 2 aromatic rings. The van der Waals surface area contributed by atoms with Gasteiger partial charge in [-0.05, 0) is 57.0 Å². The molecule has 2 fully saturated rings. The van der Waals surface area contributed by atoms with Gasteiger partial charge in [0.1, 0.15) is 11.5 Å². The normalized spacial score (nSPS) is 29.0. The molecule has 21 heavy (non-hydrogen) atoms. The Morgan fingerprint density at radius 3 is 2.38 bits per heavy atom. The average Bonchev–Trinajstić information content (AvgIpc) is 3.03. The van der Waals surface area contributed by atoms with Crippen LogP contribution in [-0.2, 0) is 0 Å². The number of piperidine rings is 1. The summed E-state index contributed by atoms with van der Waals surface area (Å²) in [6.45, 7) is 0. The minimum Gasteiger partial charge on any atom is -0.300 e. The molecule has 0 N–H and O–H groups in total. The number of hydrogen-bond donors (Lipinski definition) is 0. The van der Waals surface area contributed by atoms with Crippen molar-refractivity contribution in [3.8, 4) is 11.3 Å². The molecular formula is C16H19FN4. The second-order valence-electron chi connectivity index (χ2n) is 6.27. The fraction of sp³-hybridized carbons (Fsp3) is 0.500. The summed E-state index contributed by atoms with van der Waals surface area (Å²) in [5, 5.41) is 8.57. The quantitative estimate of drug-likeness (QED) is 0.851. The van der Waals surface area contributed by atoms with Crippen LogP contribution in [0.15, 0.2) is 30.5 Å². The number of nitrogens with zero attached hydrogens (tertiary/aromatic N) is 4. The second kappa shape index (κ2) is 4.91. The van der Waals surface area contributed by atoms with Crippen LogP contribution in [0.25, 0.3) is 11.3 Å². The topological polar surface area (TPSA) is 34.0 Å². The number of benzene rings is 1. The van der Waals surface area contributed by atoms with E-state index in [9.17, 15) is 4.39 Å². The lowest BCUT2D eigenvalue weighted by molar-refractivity contribution is 0.130. The monoisotopic (exact) mass is 286 g/mol. The maximum atomic E-state index is 13.0. The van der Waals surface area contributed by atoms with E-state index < -0.39 is 0 Å². The molecule has 4 rings (SSSR count). The van der Waals surface area contributed by atoms with Crippen molar-refractivity contribution in [3.63, 3.8) is 0 Å². The first-order valence-corrected chi connectivity index (χ1v) is 7.60. The Hall–Kier alpha value is -1.75. The third kappa shape index (κ3) is 2.25. The largest absolute Gasteiger partial charge is 0.300 e. The standard InChI is InChI=1S/C16H19FN4/c1-20-13-6-7-14(20)9-15(8-13)21-10-16(18-19-21)11-2-4-12(17)5-3-11/h2-5,10,13-15H,6-9H2,1H3/t13-,14-/m1/s1. The molecule has 0 radical (unpaired) electrons. The molecule has 2 aliphatic heterocycles. The minimum atomic E-state index is -0.224. The Balaban J connectivity index is 1.56. The van der Waals surface area contributed by atoms with Crippen LogP contribution >= 0.6 is 0 Å². The van der Waals surface area contributed by atoms with E-state index in [1.54, 1.807) is 12.1 Å². The van der Waals surface area contributed by atoms with Gasteiger partial charge in [-0.1, -0.05) is 5.21 Å². The lowest BCUT2D eigenvalue weighted by atomic mass is 9.98. The van der Waals surface area contributed by atoms with Crippen molar-refractivity contribution in [2.75, 3.05) is 7.05 Å². The van der Waals surface area contributed by atoms with Gasteiger partial charge in [-0.3, -0.25) is 0 Å². The molecule has 0 unspecified atom stereocenters. The molecule has 0 aliphatic carbocycles. The van der Waals surface area contributed by atoms with Crippen molar-refractivity contribution < 1.29 is 4.39 Å². The molecule has 2 aliphatic rings. The van der Waals surface area contributed by atoms with E-state index in [1.807, 2.05) is 10.9 Å². The molecule has 4 nitrogen and oxygen atoms in total. The summed E-state index contributed by atoms with van der Waals surface area (Å²) in [4.78, 5) is 2.52. The fourth-order valence-corrected chi connectivity index (χ4v) is 3.81. The van der Waals surface area contributed by atoms with Crippen LogP contribution in [0.5, 0.6) is 0 Å². The summed E-state index contributed by atoms with van der Waals surface area (Å²) in [5.41, 5.74) is 1.74. The van der Waals surface area contributed by atoms with Crippen LogP contribution in [0.1, 0.15) is 31.7 Å². The van der Waals surface area contributed by atoms with Crippen molar-refractivity contribution in [2.24, 2.45) is 0 Å². The van der Waals surface area contributed by atoms with Gasteiger partial charge in [0.2, 0.25) is 0 Å². The van der Waals surface area contributed by atoms with Crippen molar-refractivity contribution >= 4 is 0 Å². The zero-order chi connectivity index (χ0) is 14.4. The molecule has 110 valence electrons. The predicted octanol–water partition coefficient (Wildman–Crippen LogP) is 2.88. The fourth-order valence-electron chi connectivity index (χ4n) is 3.81. The van der Waals surface area contributed by atoms with Gasteiger partial charge in [-0.15, -0.1) is 5.10 Å². The number of halogens is 1. The highest BCUT2D eigenvalue weighted by molar-refractivity contribution is 5.57. The van der Waals surface area contributed by atoms with E-state index in [1.165, 1.54) is 25.0 Å². The Bertz CT molecular complexity index is 622. The molecule has 2 atom stereocenters. The first kappa shape index (κ1) is 13.0. The summed E-state index contributed by atoms with van der Waals surface area (Å²) in [7, 11) is 2.24. The first-order chi connectivity index (χ1) is 10.2. The smallest absolute Gasteiger partial charge is 0.123 e. The highest BCUT2D eigenvalue weighted by Crippen LogP contribution is 2.39. The maximum absolute atomic E-state index is 13.0. The van der Waals surface area contributed by atoms with Crippen LogP contribution in [0.4, 0.5) is 4.39 Å². The van der Waals surface area contributed by atoms with Crippen molar-refractivity contribution in [1.29, 1.82) is 0 Å². The summed E-state index contributed by atoms with van der Waals surface area (Å²) >= 11 is 0. The van der Waals surface area contributed by atoms with Gasteiger partial charge < -0.3 is 4.90 Å². The Kier molecular flexibility index (Phi) is 3.03. The van der Waals surface area contributed by atoms with Crippen molar-refractivity contribution in [1.82, 2.24) is 19.9 Å². The SMILES string of the molecule is CN1[C@@H]2CC[C@@H]1CC(n1cc(-c3ccc(F)cc3)nn1)C2. The minimum absolute atomic E-state index is 0.224. The van der Waals surface area contributed by atoms with Gasteiger partial charge in [0.15, 0.2) is 0 Å². The molecule has 1 aromatic carbocycles. The Morgan fingerprint density at radius 2 is 1.71 bits per heavy atom. The molecule has 3 heterocycles. The molecule has 0 amide bonds. The van der Waals surface area contributed by atoms with Crippen LogP contribution < -0.4 is 0 Å². The lowest BCUT2D eigenvalue weighted by Gasteiger charge is -2.36. The summed E-state index contributed by atoms with van der Waals surface area (Å²) in [6.07, 6.45) is 6.91. The van der Waals surface area contributed by atoms with E-state index in [-0.39, 0.29) is 5.82 Å². The van der Waals surface area contributed by atoms with E-state index in [0.29, 0.717) is 18.1 Å². The number of aromatic nitrogens is 3. The van der Waals surface area contributed by atoms with Crippen molar-refractivity contribution in [3.05, 3.63) is 36.3 Å². The first-order valence-electron chi connectivity index (χ1n) is 7.60. The zero-order valence-corrected chi connectivity index (χ0v) is 12.1. The third-order valence-corrected chi connectivity index (χ3v) is 5.10. The van der Waals surface area contributed by atoms with E-state index in [4.69, 9.17) is 0 Å². The van der Waals surface area contributed by atoms with Crippen molar-refractivity contribution in [2.45, 2.75) is 43.8 Å². The molecule has 2 bridgehead atoms. The molecule has 5 heteroatoms. The Labute approximate surface area is 123 Å². The van der Waals surface area contributed by atoms with E-state index in [0.717, 1.165) is 24.1 Å². The van der Waals surface area contributed by atoms with Gasteiger partial charge >= 0.3 is 0 Å². The second-order valence-corrected chi connectivity index (χ2v) is 6.27. The van der Waals surface area contributed by atoms with E-state index >= 15 is 0 Å². The number of fused-ring (bicyclic) bond motifs is 2. The van der Waals surface area contributed by atoms with Gasteiger partial charge in [0.25, 0.3) is 0 Å². The zero-order valence-electron chi connectivity index (χ0n) is 12.1. The highest BCUT2D eigenvalue weighted by Gasteiger charge is 2.39. The summed E-state index contributed by atoms with van der Waals surface area (Å²) < 4.78 is 15.0. The van der Waals surface area contributed by atoms with Gasteiger partial charge in [0, 0.05) is 17.6 Å². The molecule has 0 saturated carbocycles. The molecule has 2 saturated heterocycles. The molecule has 0 spiro atoms. The third-order valence-electron chi connectivity index (χ3n) is 5.10. The molecule has 1 aromatic heterocycles. The summed E-state index contributed by atoms with van der Waals surface area (Å²) in [6, 6.07) is 8.25. The van der Waals surface area contributed by atoms with E-state index in [2.05, 4.69) is 22.3 Å². The number of hydrogen-bond acceptors (Lipinski definition) is 3. The van der Waals surface area contributed by atoms with Gasteiger partial charge in [-0.25, -0.2) is 9.07 Å². The number of rotatable bonds is 2. The van der Waals surface area contributed by atoms with Crippen LogP contribution in [0.3, 0.4) is 0 Å². The predicted molar refractivity (Wildman–Crippen MR) is 78.3 cm³/mol. The van der Waals surface area contributed by atoms with Crippen LogP contribution in [-0.4, -0.2) is 39.0 Å². The maximum Gasteiger partial charge on any atom is 0.123 e. The molecular weight excluding hydrogens is 267 g/mol.